The minimum absolute atomic E-state index is 0.244. The molecule has 0 aliphatic carbocycles. The number of rotatable bonds is 3. The molecule has 3 rings (SSSR count). The molecule has 0 aliphatic heterocycles. The minimum atomic E-state index is 0.244. The normalized spacial score (nSPS) is 11.6. The van der Waals surface area contributed by atoms with Gasteiger partial charge >= 0.3 is 0 Å². The van der Waals surface area contributed by atoms with E-state index in [4.69, 9.17) is 0 Å². The highest BCUT2D eigenvalue weighted by atomic mass is 15.5. The first-order valence-electron chi connectivity index (χ1n) is 6.24. The number of anilines is 1. The number of fused-ring (bicyclic) bond motifs is 1. The van der Waals surface area contributed by atoms with Crippen LogP contribution in [0.3, 0.4) is 0 Å². The third-order valence-electron chi connectivity index (χ3n) is 3.30. The van der Waals surface area contributed by atoms with Gasteiger partial charge in [-0.15, -0.1) is 10.2 Å². The van der Waals surface area contributed by atoms with Gasteiger partial charge in [0.1, 0.15) is 17.2 Å². The number of allylic oxidation sites excluding steroid dienone is 1. The molecule has 8 heteroatoms. The fraction of sp³-hybridized carbons (Fsp3) is 0.154. The van der Waals surface area contributed by atoms with Crippen LogP contribution in [-0.4, -0.2) is 30.6 Å². The maximum atomic E-state index is 9.17. The van der Waals surface area contributed by atoms with E-state index >= 15 is 0 Å². The Hall–Kier alpha value is -3.21. The molecular formula is C13H12N8. The summed E-state index contributed by atoms with van der Waals surface area (Å²) >= 11 is 0. The molecule has 0 aliphatic rings. The lowest BCUT2D eigenvalue weighted by molar-refractivity contribution is 0.881. The molecule has 3 aromatic rings. The quantitative estimate of drug-likeness (QED) is 0.628. The van der Waals surface area contributed by atoms with E-state index in [9.17, 15) is 5.26 Å². The number of hydrogen-bond acceptors (Lipinski definition) is 6. The van der Waals surface area contributed by atoms with E-state index < -0.39 is 0 Å². The molecular weight excluding hydrogens is 268 g/mol. The maximum Gasteiger partial charge on any atom is 0.216 e. The average molecular weight is 280 g/mol. The number of hydrogen-bond donors (Lipinski definition) is 3. The lowest BCUT2D eigenvalue weighted by Gasteiger charge is -2.09. The molecule has 0 bridgehead atoms. The molecule has 0 spiro atoms. The highest BCUT2D eigenvalue weighted by molar-refractivity contribution is 5.92. The van der Waals surface area contributed by atoms with Crippen molar-refractivity contribution in [1.29, 1.82) is 5.26 Å². The standard InChI is InChI=1S/C13H12N8/c1-7-3-10-12(17-6-16-10)11(8(7)2)15-5-9(4-14)13-18-20-21-19-13/h3,5-6,15H,1-2H3,(H,16,17)(H,18,19,20,21). The van der Waals surface area contributed by atoms with Crippen molar-refractivity contribution in [2.45, 2.75) is 13.8 Å². The number of H-pyrrole nitrogens is 2. The average Bonchev–Trinajstić information content (AvgIpc) is 3.14. The summed E-state index contributed by atoms with van der Waals surface area (Å²) in [5.74, 6) is 0.244. The van der Waals surface area contributed by atoms with Crippen LogP contribution in [0.2, 0.25) is 0 Å². The molecule has 2 heterocycles. The van der Waals surface area contributed by atoms with Crippen LogP contribution in [0.4, 0.5) is 5.69 Å². The van der Waals surface area contributed by atoms with Crippen LogP contribution >= 0.6 is 0 Å². The van der Waals surface area contributed by atoms with Gasteiger partial charge in [0, 0.05) is 6.20 Å². The van der Waals surface area contributed by atoms with Gasteiger partial charge in [-0.2, -0.15) is 10.5 Å². The zero-order valence-corrected chi connectivity index (χ0v) is 11.5. The van der Waals surface area contributed by atoms with E-state index in [0.29, 0.717) is 0 Å². The minimum Gasteiger partial charge on any atom is -0.358 e. The number of aromatic nitrogens is 6. The molecule has 0 amide bonds. The molecule has 2 aromatic heterocycles. The van der Waals surface area contributed by atoms with Crippen molar-refractivity contribution in [3.05, 3.63) is 35.5 Å². The zero-order chi connectivity index (χ0) is 14.8. The highest BCUT2D eigenvalue weighted by Gasteiger charge is 2.11. The molecule has 0 atom stereocenters. The molecule has 0 saturated carbocycles. The number of aromatic amines is 2. The first-order valence-corrected chi connectivity index (χ1v) is 6.24. The summed E-state index contributed by atoms with van der Waals surface area (Å²) in [5, 5.41) is 25.7. The third-order valence-corrected chi connectivity index (χ3v) is 3.30. The van der Waals surface area contributed by atoms with Gasteiger partial charge in [-0.25, -0.2) is 4.98 Å². The van der Waals surface area contributed by atoms with Crippen LogP contribution in [0.5, 0.6) is 0 Å². The van der Waals surface area contributed by atoms with Crippen LogP contribution in [-0.2, 0) is 0 Å². The molecule has 21 heavy (non-hydrogen) atoms. The van der Waals surface area contributed by atoms with Gasteiger partial charge in [-0.1, -0.05) is 0 Å². The van der Waals surface area contributed by atoms with Gasteiger partial charge in [0.15, 0.2) is 0 Å². The number of nitrogens with zero attached hydrogens (tertiary/aromatic N) is 5. The Balaban J connectivity index is 2.04. The van der Waals surface area contributed by atoms with Crippen LogP contribution in [0, 0.1) is 25.2 Å². The smallest absolute Gasteiger partial charge is 0.216 e. The van der Waals surface area contributed by atoms with Crippen molar-refractivity contribution < 1.29 is 0 Å². The number of benzene rings is 1. The van der Waals surface area contributed by atoms with Crippen molar-refractivity contribution >= 4 is 22.3 Å². The Bertz CT molecular complexity index is 850. The van der Waals surface area contributed by atoms with E-state index in [-0.39, 0.29) is 11.4 Å². The second kappa shape index (κ2) is 5.05. The summed E-state index contributed by atoms with van der Waals surface area (Å²) in [6, 6.07) is 4.07. The van der Waals surface area contributed by atoms with Crippen LogP contribution in [0.15, 0.2) is 18.6 Å². The van der Waals surface area contributed by atoms with Gasteiger partial charge in [-0.3, -0.25) is 0 Å². The van der Waals surface area contributed by atoms with Crippen LogP contribution < -0.4 is 5.32 Å². The first-order chi connectivity index (χ1) is 10.2. The van der Waals surface area contributed by atoms with Crippen LogP contribution in [0.1, 0.15) is 17.0 Å². The van der Waals surface area contributed by atoms with Gasteiger partial charge in [-0.05, 0) is 36.3 Å². The van der Waals surface area contributed by atoms with Crippen molar-refractivity contribution in [2.24, 2.45) is 0 Å². The van der Waals surface area contributed by atoms with E-state index in [1.807, 2.05) is 26.0 Å². The second-order valence-corrected chi connectivity index (χ2v) is 4.54. The summed E-state index contributed by atoms with van der Waals surface area (Å²) in [7, 11) is 0. The highest BCUT2D eigenvalue weighted by Crippen LogP contribution is 2.28. The van der Waals surface area contributed by atoms with E-state index in [1.54, 1.807) is 12.5 Å². The number of nitrogens with one attached hydrogen (secondary N) is 3. The molecule has 104 valence electrons. The predicted molar refractivity (Wildman–Crippen MR) is 77.0 cm³/mol. The monoisotopic (exact) mass is 280 g/mol. The SMILES string of the molecule is Cc1cc2[nH]cnc2c(NC=C(C#N)c2nn[nH]n2)c1C. The van der Waals surface area contributed by atoms with E-state index in [2.05, 4.69) is 35.9 Å². The van der Waals surface area contributed by atoms with Crippen molar-refractivity contribution in [2.75, 3.05) is 5.32 Å². The Kier molecular flexibility index (Phi) is 3.08. The molecule has 0 radical (unpaired) electrons. The first kappa shape index (κ1) is 12.8. The lowest BCUT2D eigenvalue weighted by atomic mass is 10.1. The van der Waals surface area contributed by atoms with Gasteiger partial charge in [0.2, 0.25) is 5.82 Å². The third kappa shape index (κ3) is 2.21. The fourth-order valence-corrected chi connectivity index (χ4v) is 2.06. The molecule has 1 aromatic carbocycles. The van der Waals surface area contributed by atoms with Crippen molar-refractivity contribution in [3.63, 3.8) is 0 Å². The number of imidazole rings is 1. The van der Waals surface area contributed by atoms with Gasteiger partial charge < -0.3 is 10.3 Å². The Morgan fingerprint density at radius 3 is 3.00 bits per heavy atom. The number of aryl methyl sites for hydroxylation is 1. The maximum absolute atomic E-state index is 9.17. The topological polar surface area (TPSA) is 119 Å². The molecule has 0 fully saturated rings. The zero-order valence-electron chi connectivity index (χ0n) is 11.5. The second-order valence-electron chi connectivity index (χ2n) is 4.54. The van der Waals surface area contributed by atoms with Crippen LogP contribution in [0.25, 0.3) is 16.6 Å². The Morgan fingerprint density at radius 1 is 1.43 bits per heavy atom. The summed E-state index contributed by atoms with van der Waals surface area (Å²) in [6.07, 6.45) is 3.20. The summed E-state index contributed by atoms with van der Waals surface area (Å²) < 4.78 is 0. The summed E-state index contributed by atoms with van der Waals surface area (Å²) in [5.41, 5.74) is 5.08. The lowest BCUT2D eigenvalue weighted by Crippen LogP contribution is -1.97. The molecule has 8 nitrogen and oxygen atoms in total. The Labute approximate surface area is 119 Å². The summed E-state index contributed by atoms with van der Waals surface area (Å²) in [6.45, 7) is 4.02. The van der Waals surface area contributed by atoms with Crippen molar-refractivity contribution in [1.82, 2.24) is 30.6 Å². The van der Waals surface area contributed by atoms with E-state index in [1.165, 1.54) is 0 Å². The van der Waals surface area contributed by atoms with Crippen molar-refractivity contribution in [3.8, 4) is 6.07 Å². The van der Waals surface area contributed by atoms with Gasteiger partial charge in [0.25, 0.3) is 0 Å². The van der Waals surface area contributed by atoms with E-state index in [0.717, 1.165) is 27.8 Å². The largest absolute Gasteiger partial charge is 0.358 e. The number of nitriles is 1. The summed E-state index contributed by atoms with van der Waals surface area (Å²) in [4.78, 5) is 7.39. The number of tetrazole rings is 1. The van der Waals surface area contributed by atoms with Gasteiger partial charge in [0.05, 0.1) is 17.5 Å². The molecule has 0 saturated heterocycles. The fourth-order valence-electron chi connectivity index (χ4n) is 2.06. The Morgan fingerprint density at radius 2 is 2.29 bits per heavy atom. The molecule has 0 unspecified atom stereocenters. The molecule has 3 N–H and O–H groups in total. The predicted octanol–water partition coefficient (Wildman–Crippen LogP) is 1.67.